The predicted molar refractivity (Wildman–Crippen MR) is 64.3 cm³/mol. The largest absolute Gasteiger partial charge is 0.100 e. The van der Waals surface area contributed by atoms with E-state index in [1.54, 1.807) is 0 Å². The van der Waals surface area contributed by atoms with Crippen LogP contribution in [-0.4, -0.2) is 0 Å². The van der Waals surface area contributed by atoms with E-state index in [2.05, 4.69) is 34.3 Å². The Morgan fingerprint density at radius 1 is 1.29 bits per heavy atom. The van der Waals surface area contributed by atoms with Gasteiger partial charge < -0.3 is 0 Å². The molecule has 0 aromatic rings. The van der Waals surface area contributed by atoms with E-state index in [9.17, 15) is 0 Å². The van der Waals surface area contributed by atoms with Gasteiger partial charge in [0.2, 0.25) is 0 Å². The number of hydrogen-bond acceptors (Lipinski definition) is 0. The summed E-state index contributed by atoms with van der Waals surface area (Å²) in [5.41, 5.74) is 1.89. The maximum absolute atomic E-state index is 4.07. The van der Waals surface area contributed by atoms with Crippen molar-refractivity contribution in [3.63, 3.8) is 0 Å². The highest BCUT2D eigenvalue weighted by Gasteiger charge is 2.38. The minimum absolute atomic E-state index is 0.534. The lowest BCUT2D eigenvalue weighted by molar-refractivity contribution is 0.0567. The second-order valence-corrected chi connectivity index (χ2v) is 5.72. The van der Waals surface area contributed by atoms with Crippen LogP contribution in [0.3, 0.4) is 0 Å². The third-order valence-electron chi connectivity index (χ3n) is 4.30. The van der Waals surface area contributed by atoms with E-state index in [1.807, 2.05) is 0 Å². The van der Waals surface area contributed by atoms with Crippen LogP contribution >= 0.6 is 0 Å². The Balaban J connectivity index is 2.69. The Labute approximate surface area is 89.8 Å². The SMILES string of the molecule is C=C(C)CC1CCCC(CC)C1(C)C. The third-order valence-corrected chi connectivity index (χ3v) is 4.30. The Kier molecular flexibility index (Phi) is 3.80. The monoisotopic (exact) mass is 194 g/mol. The molecule has 0 heteroatoms. The van der Waals surface area contributed by atoms with Gasteiger partial charge in [-0.1, -0.05) is 39.2 Å². The third kappa shape index (κ3) is 2.40. The van der Waals surface area contributed by atoms with Crippen molar-refractivity contribution in [2.45, 2.75) is 59.8 Å². The summed E-state index contributed by atoms with van der Waals surface area (Å²) in [7, 11) is 0. The van der Waals surface area contributed by atoms with Crippen LogP contribution in [0.5, 0.6) is 0 Å². The maximum Gasteiger partial charge on any atom is -0.0292 e. The van der Waals surface area contributed by atoms with Gasteiger partial charge in [0.05, 0.1) is 0 Å². The molecular weight excluding hydrogens is 168 g/mol. The molecule has 0 nitrogen and oxygen atoms in total. The first-order valence-corrected chi connectivity index (χ1v) is 6.12. The molecule has 2 unspecified atom stereocenters. The predicted octanol–water partition coefficient (Wildman–Crippen LogP) is 4.81. The Morgan fingerprint density at radius 3 is 2.36 bits per heavy atom. The van der Waals surface area contributed by atoms with Crippen molar-refractivity contribution < 1.29 is 0 Å². The molecule has 0 aliphatic heterocycles. The van der Waals surface area contributed by atoms with Crippen molar-refractivity contribution in [3.8, 4) is 0 Å². The van der Waals surface area contributed by atoms with E-state index in [1.165, 1.54) is 37.7 Å². The normalized spacial score (nSPS) is 31.4. The van der Waals surface area contributed by atoms with Crippen LogP contribution in [0, 0.1) is 17.3 Å². The molecule has 0 aromatic carbocycles. The molecule has 82 valence electrons. The molecule has 14 heavy (non-hydrogen) atoms. The van der Waals surface area contributed by atoms with Crippen LogP contribution in [0.25, 0.3) is 0 Å². The summed E-state index contributed by atoms with van der Waals surface area (Å²) >= 11 is 0. The first-order valence-electron chi connectivity index (χ1n) is 6.12. The zero-order valence-corrected chi connectivity index (χ0v) is 10.4. The van der Waals surface area contributed by atoms with Gasteiger partial charge in [-0.15, -0.1) is 6.58 Å². The van der Waals surface area contributed by atoms with Crippen molar-refractivity contribution in [1.29, 1.82) is 0 Å². The molecule has 0 bridgehead atoms. The molecule has 1 saturated carbocycles. The quantitative estimate of drug-likeness (QED) is 0.566. The zero-order chi connectivity index (χ0) is 10.8. The van der Waals surface area contributed by atoms with Crippen LogP contribution in [0.2, 0.25) is 0 Å². The molecule has 1 aliphatic carbocycles. The van der Waals surface area contributed by atoms with Gasteiger partial charge >= 0.3 is 0 Å². The smallest absolute Gasteiger partial charge is 0.0292 e. The van der Waals surface area contributed by atoms with Gasteiger partial charge in [0.25, 0.3) is 0 Å². The van der Waals surface area contributed by atoms with Crippen molar-refractivity contribution >= 4 is 0 Å². The second kappa shape index (κ2) is 4.51. The van der Waals surface area contributed by atoms with Crippen LogP contribution in [0.4, 0.5) is 0 Å². The highest BCUT2D eigenvalue weighted by molar-refractivity contribution is 4.97. The van der Waals surface area contributed by atoms with E-state index in [0.29, 0.717) is 5.41 Å². The van der Waals surface area contributed by atoms with Gasteiger partial charge in [-0.05, 0) is 43.4 Å². The summed E-state index contributed by atoms with van der Waals surface area (Å²) in [5, 5.41) is 0. The minimum Gasteiger partial charge on any atom is -0.100 e. The maximum atomic E-state index is 4.07. The Bertz CT molecular complexity index is 200. The van der Waals surface area contributed by atoms with E-state index in [-0.39, 0.29) is 0 Å². The van der Waals surface area contributed by atoms with Gasteiger partial charge in [0.15, 0.2) is 0 Å². The number of hydrogen-bond donors (Lipinski definition) is 0. The van der Waals surface area contributed by atoms with Gasteiger partial charge in [-0.2, -0.15) is 0 Å². The summed E-state index contributed by atoms with van der Waals surface area (Å²) in [4.78, 5) is 0. The molecule has 1 fully saturated rings. The van der Waals surface area contributed by atoms with Crippen molar-refractivity contribution in [1.82, 2.24) is 0 Å². The molecule has 0 amide bonds. The topological polar surface area (TPSA) is 0 Å². The lowest BCUT2D eigenvalue weighted by Gasteiger charge is -2.45. The van der Waals surface area contributed by atoms with E-state index >= 15 is 0 Å². The second-order valence-electron chi connectivity index (χ2n) is 5.72. The van der Waals surface area contributed by atoms with Crippen molar-refractivity contribution in [2.24, 2.45) is 17.3 Å². The lowest BCUT2D eigenvalue weighted by Crippen LogP contribution is -2.36. The summed E-state index contributed by atoms with van der Waals surface area (Å²) in [5.74, 6) is 1.80. The Hall–Kier alpha value is -0.260. The number of allylic oxidation sites excluding steroid dienone is 1. The average Bonchev–Trinajstić information content (AvgIpc) is 2.07. The highest BCUT2D eigenvalue weighted by Crippen LogP contribution is 2.48. The molecule has 0 radical (unpaired) electrons. The first kappa shape index (κ1) is 11.8. The molecule has 0 N–H and O–H groups in total. The molecule has 0 spiro atoms. The van der Waals surface area contributed by atoms with E-state index in [0.717, 1.165) is 11.8 Å². The molecule has 1 aliphatic rings. The van der Waals surface area contributed by atoms with Crippen LogP contribution in [0.15, 0.2) is 12.2 Å². The fourth-order valence-corrected chi connectivity index (χ4v) is 3.20. The molecule has 0 heterocycles. The summed E-state index contributed by atoms with van der Waals surface area (Å²) in [6.07, 6.45) is 6.87. The Morgan fingerprint density at radius 2 is 1.86 bits per heavy atom. The van der Waals surface area contributed by atoms with Gasteiger partial charge in [-0.25, -0.2) is 0 Å². The van der Waals surface area contributed by atoms with E-state index < -0.39 is 0 Å². The zero-order valence-electron chi connectivity index (χ0n) is 10.4. The lowest BCUT2D eigenvalue weighted by atomic mass is 9.60. The molecular formula is C14H26. The molecule has 0 aromatic heterocycles. The van der Waals surface area contributed by atoms with Crippen molar-refractivity contribution in [3.05, 3.63) is 12.2 Å². The molecule has 0 saturated heterocycles. The highest BCUT2D eigenvalue weighted by atomic mass is 14.4. The first-order chi connectivity index (χ1) is 6.48. The van der Waals surface area contributed by atoms with Crippen LogP contribution < -0.4 is 0 Å². The summed E-state index contributed by atoms with van der Waals surface area (Å²) < 4.78 is 0. The minimum atomic E-state index is 0.534. The van der Waals surface area contributed by atoms with Gasteiger partial charge in [0.1, 0.15) is 0 Å². The van der Waals surface area contributed by atoms with Gasteiger partial charge in [0, 0.05) is 0 Å². The summed E-state index contributed by atoms with van der Waals surface area (Å²) in [6.45, 7) is 13.5. The fraction of sp³-hybridized carbons (Fsp3) is 0.857. The van der Waals surface area contributed by atoms with E-state index in [4.69, 9.17) is 0 Å². The standard InChI is InChI=1S/C14H26/c1-6-12-8-7-9-13(10-11(2)3)14(12,4)5/h12-13H,2,6-10H2,1,3-5H3. The fourth-order valence-electron chi connectivity index (χ4n) is 3.20. The summed E-state index contributed by atoms with van der Waals surface area (Å²) in [6, 6.07) is 0. The number of rotatable bonds is 3. The van der Waals surface area contributed by atoms with Crippen LogP contribution in [0.1, 0.15) is 59.8 Å². The molecule has 2 atom stereocenters. The molecule has 1 rings (SSSR count). The van der Waals surface area contributed by atoms with Gasteiger partial charge in [-0.3, -0.25) is 0 Å². The average molecular weight is 194 g/mol. The van der Waals surface area contributed by atoms with Crippen LogP contribution in [-0.2, 0) is 0 Å². The van der Waals surface area contributed by atoms with Crippen molar-refractivity contribution in [2.75, 3.05) is 0 Å².